The molecule has 2 amide bonds. The topological polar surface area (TPSA) is 114 Å². The first-order chi connectivity index (χ1) is 15.4. The van der Waals surface area contributed by atoms with Crippen molar-refractivity contribution in [3.8, 4) is 11.1 Å². The molecule has 8 heteroatoms. The normalized spacial score (nSPS) is 17.4. The lowest BCUT2D eigenvalue weighted by Gasteiger charge is -2.24. The summed E-state index contributed by atoms with van der Waals surface area (Å²) in [5, 5.41) is 14.4. The number of carboxylic acid groups (broad SMARTS) is 1. The number of rotatable bonds is 8. The number of aliphatic carboxylic acids is 1. The van der Waals surface area contributed by atoms with E-state index in [4.69, 9.17) is 9.47 Å². The van der Waals surface area contributed by atoms with E-state index in [0.29, 0.717) is 12.8 Å². The third-order valence-corrected chi connectivity index (χ3v) is 6.26. The number of methoxy groups -OCH3 is 1. The van der Waals surface area contributed by atoms with Crippen molar-refractivity contribution >= 4 is 18.0 Å². The lowest BCUT2D eigenvalue weighted by molar-refractivity contribution is -0.146. The molecule has 0 spiro atoms. The minimum atomic E-state index is -1.21. The first-order valence-corrected chi connectivity index (χ1v) is 10.6. The van der Waals surface area contributed by atoms with Crippen molar-refractivity contribution in [2.45, 2.75) is 43.4 Å². The number of hydrogen-bond donors (Lipinski definition) is 3. The summed E-state index contributed by atoms with van der Waals surface area (Å²) >= 11 is 0. The molecule has 0 aliphatic heterocycles. The molecule has 0 unspecified atom stereocenters. The predicted octanol–water partition coefficient (Wildman–Crippen LogP) is 2.66. The van der Waals surface area contributed by atoms with Crippen LogP contribution in [0.2, 0.25) is 0 Å². The molecule has 3 N–H and O–H groups in total. The van der Waals surface area contributed by atoms with Crippen LogP contribution in [0.3, 0.4) is 0 Å². The highest BCUT2D eigenvalue weighted by molar-refractivity contribution is 5.95. The van der Waals surface area contributed by atoms with Crippen molar-refractivity contribution < 1.29 is 29.0 Å². The summed E-state index contributed by atoms with van der Waals surface area (Å²) in [7, 11) is 1.37. The summed E-state index contributed by atoms with van der Waals surface area (Å²) in [4.78, 5) is 36.7. The largest absolute Gasteiger partial charge is 0.480 e. The van der Waals surface area contributed by atoms with Crippen molar-refractivity contribution in [1.29, 1.82) is 0 Å². The number of hydrogen-bond acceptors (Lipinski definition) is 5. The molecule has 0 radical (unpaired) electrons. The van der Waals surface area contributed by atoms with Crippen LogP contribution in [0.15, 0.2) is 48.5 Å². The van der Waals surface area contributed by atoms with Gasteiger partial charge in [-0.25, -0.2) is 9.59 Å². The van der Waals surface area contributed by atoms with Gasteiger partial charge in [0.05, 0.1) is 6.10 Å². The highest BCUT2D eigenvalue weighted by Gasteiger charge is 2.53. The van der Waals surface area contributed by atoms with Gasteiger partial charge < -0.3 is 25.2 Å². The Balaban J connectivity index is 1.39. The lowest BCUT2D eigenvalue weighted by atomic mass is 9.98. The van der Waals surface area contributed by atoms with Gasteiger partial charge in [0.1, 0.15) is 12.1 Å². The maximum absolute atomic E-state index is 12.7. The number of alkyl carbamates (subject to hydrolysis) is 1. The van der Waals surface area contributed by atoms with Crippen molar-refractivity contribution in [2.24, 2.45) is 0 Å². The van der Waals surface area contributed by atoms with Gasteiger partial charge in [0.25, 0.3) is 0 Å². The second-order valence-electron chi connectivity index (χ2n) is 8.26. The molecular formula is C24H26N2O6. The molecule has 2 aliphatic rings. The van der Waals surface area contributed by atoms with Gasteiger partial charge in [0.2, 0.25) is 5.91 Å². The van der Waals surface area contributed by atoms with Crippen molar-refractivity contribution in [3.05, 3.63) is 59.7 Å². The van der Waals surface area contributed by atoms with E-state index in [0.717, 1.165) is 22.3 Å². The summed E-state index contributed by atoms with van der Waals surface area (Å²) in [5.74, 6) is -1.84. The van der Waals surface area contributed by atoms with E-state index in [1.54, 1.807) is 6.92 Å². The quantitative estimate of drug-likeness (QED) is 0.584. The van der Waals surface area contributed by atoms with Crippen LogP contribution in [0, 0.1) is 0 Å². The van der Waals surface area contributed by atoms with Crippen LogP contribution < -0.4 is 10.6 Å². The van der Waals surface area contributed by atoms with Crippen LogP contribution in [0.5, 0.6) is 0 Å². The zero-order valence-electron chi connectivity index (χ0n) is 18.0. The van der Waals surface area contributed by atoms with Gasteiger partial charge in [-0.15, -0.1) is 0 Å². The molecule has 2 atom stereocenters. The Morgan fingerprint density at radius 2 is 1.62 bits per heavy atom. The third-order valence-electron chi connectivity index (χ3n) is 6.26. The first-order valence-electron chi connectivity index (χ1n) is 10.6. The van der Waals surface area contributed by atoms with Gasteiger partial charge >= 0.3 is 12.1 Å². The molecule has 2 aromatic rings. The Hall–Kier alpha value is -3.39. The molecule has 0 aromatic heterocycles. The minimum Gasteiger partial charge on any atom is -0.480 e. The van der Waals surface area contributed by atoms with Gasteiger partial charge in [-0.1, -0.05) is 48.5 Å². The van der Waals surface area contributed by atoms with Gasteiger partial charge in [-0.3, -0.25) is 4.79 Å². The molecule has 1 saturated carbocycles. The Bertz CT molecular complexity index is 1000. The fourth-order valence-corrected chi connectivity index (χ4v) is 4.16. The fourth-order valence-electron chi connectivity index (χ4n) is 4.16. The molecule has 2 aromatic carbocycles. The molecule has 0 bridgehead atoms. The second-order valence-corrected chi connectivity index (χ2v) is 8.26. The standard InChI is InChI=1S/C24H26N2O6/c1-14(31-2)20(21(27)28)25-22(29)24(11-12-24)26-23(30)32-13-19-17-9-5-3-7-15(17)16-8-4-6-10-18(16)19/h3-10,14,19-20H,11-13H2,1-2H3,(H,25,29)(H,26,30)(H,27,28)/t14-,20+/m1/s1. The maximum Gasteiger partial charge on any atom is 0.408 e. The SMILES string of the molecule is CO[C@H](C)[C@H](NC(=O)C1(NC(=O)OCC2c3ccccc3-c3ccccc32)CC1)C(=O)O. The molecule has 32 heavy (non-hydrogen) atoms. The first kappa shape index (κ1) is 21.8. The molecule has 1 fully saturated rings. The third kappa shape index (κ3) is 4.05. The number of amides is 2. The monoisotopic (exact) mass is 438 g/mol. The molecule has 0 heterocycles. The Kier molecular flexibility index (Phi) is 5.88. The molecule has 168 valence electrons. The van der Waals surface area contributed by atoms with Crippen LogP contribution in [0.1, 0.15) is 36.8 Å². The molecule has 8 nitrogen and oxygen atoms in total. The van der Waals surface area contributed by atoms with Gasteiger partial charge in [0.15, 0.2) is 6.04 Å². The van der Waals surface area contributed by atoms with Crippen LogP contribution in [0.4, 0.5) is 4.79 Å². The molecular weight excluding hydrogens is 412 g/mol. The molecule has 2 aliphatic carbocycles. The summed E-state index contributed by atoms with van der Waals surface area (Å²) in [6.45, 7) is 1.69. The zero-order valence-corrected chi connectivity index (χ0v) is 18.0. The highest BCUT2D eigenvalue weighted by atomic mass is 16.5. The van der Waals surface area contributed by atoms with Crippen LogP contribution in [0.25, 0.3) is 11.1 Å². The van der Waals surface area contributed by atoms with Crippen LogP contribution >= 0.6 is 0 Å². The van der Waals surface area contributed by atoms with Crippen molar-refractivity contribution in [3.63, 3.8) is 0 Å². The zero-order chi connectivity index (χ0) is 22.9. The van der Waals surface area contributed by atoms with E-state index in [-0.39, 0.29) is 12.5 Å². The Morgan fingerprint density at radius 1 is 1.06 bits per heavy atom. The average molecular weight is 438 g/mol. The van der Waals surface area contributed by atoms with Gasteiger partial charge in [-0.2, -0.15) is 0 Å². The average Bonchev–Trinajstić information content (AvgIpc) is 3.50. The van der Waals surface area contributed by atoms with Gasteiger partial charge in [-0.05, 0) is 42.0 Å². The number of ether oxygens (including phenoxy) is 2. The number of carbonyl (C=O) groups is 3. The smallest absolute Gasteiger partial charge is 0.408 e. The van der Waals surface area contributed by atoms with E-state index in [1.165, 1.54) is 7.11 Å². The van der Waals surface area contributed by atoms with Gasteiger partial charge in [0, 0.05) is 13.0 Å². The van der Waals surface area contributed by atoms with Crippen LogP contribution in [-0.2, 0) is 19.1 Å². The Labute approximate surface area is 185 Å². The summed E-state index contributed by atoms with van der Waals surface area (Å²) in [6, 6.07) is 14.8. The number of fused-ring (bicyclic) bond motifs is 3. The van der Waals surface area contributed by atoms with E-state index >= 15 is 0 Å². The summed E-state index contributed by atoms with van der Waals surface area (Å²) in [6.07, 6.45) is -0.596. The molecule has 4 rings (SSSR count). The Morgan fingerprint density at radius 3 is 2.12 bits per heavy atom. The lowest BCUT2D eigenvalue weighted by Crippen LogP contribution is -2.56. The minimum absolute atomic E-state index is 0.0870. The van der Waals surface area contributed by atoms with E-state index in [9.17, 15) is 19.5 Å². The number of benzene rings is 2. The number of carboxylic acids is 1. The fraction of sp³-hybridized carbons (Fsp3) is 0.375. The van der Waals surface area contributed by atoms with Crippen molar-refractivity contribution in [2.75, 3.05) is 13.7 Å². The number of carbonyl (C=O) groups excluding carboxylic acids is 2. The summed E-state index contributed by atoms with van der Waals surface area (Å²) in [5.41, 5.74) is 3.30. The van der Waals surface area contributed by atoms with Crippen molar-refractivity contribution in [1.82, 2.24) is 10.6 Å². The van der Waals surface area contributed by atoms with E-state index in [1.807, 2.05) is 36.4 Å². The highest BCUT2D eigenvalue weighted by Crippen LogP contribution is 2.44. The second kappa shape index (κ2) is 8.63. The van der Waals surface area contributed by atoms with E-state index in [2.05, 4.69) is 22.8 Å². The van der Waals surface area contributed by atoms with E-state index < -0.39 is 35.7 Å². The predicted molar refractivity (Wildman–Crippen MR) is 116 cm³/mol. The number of nitrogens with one attached hydrogen (secondary N) is 2. The maximum atomic E-state index is 12.7. The summed E-state index contributed by atoms with van der Waals surface area (Å²) < 4.78 is 10.5. The molecule has 0 saturated heterocycles. The van der Waals surface area contributed by atoms with Crippen LogP contribution in [-0.4, -0.2) is 54.5 Å².